The van der Waals surface area contributed by atoms with Crippen LogP contribution in [0.25, 0.3) is 91.9 Å². The van der Waals surface area contributed by atoms with Crippen molar-refractivity contribution in [3.8, 4) is 22.5 Å². The molecule has 0 atom stereocenters. The maximum absolute atomic E-state index is 2.47. The minimum absolute atomic E-state index is 1.11. The standard InChI is InChI=1S/C48H32N2S/c1-2-11-31(12-3-1)32-21-25-35(26-22-32)49-42-17-7-4-13-36(42)40-29-33(23-27-44(40)49)34-24-28-45-41(30-34)37-14-5-8-18-43(37)50(45)46-19-10-16-39-38-15-6-9-20-47(38)51-48(39)46/h2,4-30H,1,3H2. The van der Waals surface area contributed by atoms with Gasteiger partial charge >= 0.3 is 0 Å². The molecule has 0 aliphatic heterocycles. The van der Waals surface area contributed by atoms with Crippen molar-refractivity contribution < 1.29 is 0 Å². The Hall–Kier alpha value is -6.16. The Kier molecular flexibility index (Phi) is 6.28. The molecule has 0 spiro atoms. The Morgan fingerprint density at radius 2 is 1.02 bits per heavy atom. The van der Waals surface area contributed by atoms with Gasteiger partial charge in [0, 0.05) is 42.7 Å². The van der Waals surface area contributed by atoms with E-state index in [9.17, 15) is 0 Å². The smallest absolute Gasteiger partial charge is 0.0640 e. The summed E-state index contributed by atoms with van der Waals surface area (Å²) in [7, 11) is 0. The van der Waals surface area contributed by atoms with E-state index in [4.69, 9.17) is 0 Å². The molecule has 0 fully saturated rings. The van der Waals surface area contributed by atoms with Crippen LogP contribution in [0.1, 0.15) is 18.4 Å². The van der Waals surface area contributed by atoms with Crippen molar-refractivity contribution >= 4 is 80.7 Å². The Bertz CT molecular complexity index is 3070. The summed E-state index contributed by atoms with van der Waals surface area (Å²) in [5.74, 6) is 0. The predicted octanol–water partition coefficient (Wildman–Crippen LogP) is 13.6. The molecule has 0 N–H and O–H groups in total. The fourth-order valence-electron chi connectivity index (χ4n) is 8.38. The lowest BCUT2D eigenvalue weighted by Crippen LogP contribution is -1.94. The number of nitrogens with zero attached hydrogens (tertiary/aromatic N) is 2. The molecule has 3 aromatic heterocycles. The van der Waals surface area contributed by atoms with E-state index in [-0.39, 0.29) is 0 Å². The highest BCUT2D eigenvalue weighted by Crippen LogP contribution is 2.42. The van der Waals surface area contributed by atoms with Gasteiger partial charge in [-0.25, -0.2) is 0 Å². The number of fused-ring (bicyclic) bond motifs is 9. The van der Waals surface area contributed by atoms with E-state index in [1.165, 1.54) is 97.4 Å². The second kappa shape index (κ2) is 11.2. The molecule has 0 radical (unpaired) electrons. The minimum Gasteiger partial charge on any atom is -0.309 e. The molecule has 3 heteroatoms. The average molecular weight is 669 g/mol. The van der Waals surface area contributed by atoms with Crippen LogP contribution >= 0.6 is 11.3 Å². The van der Waals surface area contributed by atoms with E-state index < -0.39 is 0 Å². The van der Waals surface area contributed by atoms with Gasteiger partial charge in [0.25, 0.3) is 0 Å². The lowest BCUT2D eigenvalue weighted by molar-refractivity contribution is 1.04. The van der Waals surface area contributed by atoms with E-state index in [0.29, 0.717) is 0 Å². The second-order valence-electron chi connectivity index (χ2n) is 13.6. The molecule has 0 amide bonds. The minimum atomic E-state index is 1.11. The van der Waals surface area contributed by atoms with Gasteiger partial charge in [-0.05, 0) is 95.8 Å². The summed E-state index contributed by atoms with van der Waals surface area (Å²) in [5.41, 5.74) is 12.4. The van der Waals surface area contributed by atoms with Crippen LogP contribution in [-0.2, 0) is 0 Å². The lowest BCUT2D eigenvalue weighted by atomic mass is 9.99. The summed E-state index contributed by atoms with van der Waals surface area (Å²) in [6.45, 7) is 0. The zero-order chi connectivity index (χ0) is 33.5. The highest BCUT2D eigenvalue weighted by atomic mass is 32.1. The highest BCUT2D eigenvalue weighted by Gasteiger charge is 2.18. The SMILES string of the molecule is C1=CC(c2ccc(-n3c4ccccc4c4cc(-c5ccc6c(c5)c5ccccc5n6-c5cccc6c5sc5ccccc56)ccc43)cc2)=CCC1. The van der Waals surface area contributed by atoms with Crippen LogP contribution in [0.5, 0.6) is 0 Å². The van der Waals surface area contributed by atoms with E-state index in [1.54, 1.807) is 0 Å². The molecule has 7 aromatic carbocycles. The molecule has 10 aromatic rings. The largest absolute Gasteiger partial charge is 0.309 e. The quantitative estimate of drug-likeness (QED) is 0.177. The molecule has 2 nitrogen and oxygen atoms in total. The van der Waals surface area contributed by atoms with Gasteiger partial charge < -0.3 is 9.13 Å². The van der Waals surface area contributed by atoms with Crippen LogP contribution in [0.2, 0.25) is 0 Å². The first kappa shape index (κ1) is 28.7. The molecule has 3 heterocycles. The summed E-state index contributed by atoms with van der Waals surface area (Å²) in [6.07, 6.45) is 9.11. The second-order valence-corrected chi connectivity index (χ2v) is 14.7. The van der Waals surface area contributed by atoms with Gasteiger partial charge in [0.2, 0.25) is 0 Å². The van der Waals surface area contributed by atoms with Crippen LogP contribution in [0.15, 0.2) is 170 Å². The third kappa shape index (κ3) is 4.35. The zero-order valence-electron chi connectivity index (χ0n) is 27.9. The molecule has 0 saturated heterocycles. The van der Waals surface area contributed by atoms with Crippen molar-refractivity contribution in [2.24, 2.45) is 0 Å². The number of aromatic nitrogens is 2. The number of hydrogen-bond acceptors (Lipinski definition) is 1. The van der Waals surface area contributed by atoms with Gasteiger partial charge in [-0.2, -0.15) is 0 Å². The Morgan fingerprint density at radius 1 is 0.431 bits per heavy atom. The molecule has 240 valence electrons. The molecular formula is C48H32N2S. The molecule has 1 aliphatic carbocycles. The highest BCUT2D eigenvalue weighted by molar-refractivity contribution is 7.26. The Balaban J connectivity index is 1.07. The lowest BCUT2D eigenvalue weighted by Gasteiger charge is -2.11. The van der Waals surface area contributed by atoms with E-state index in [0.717, 1.165) is 12.8 Å². The van der Waals surface area contributed by atoms with Gasteiger partial charge in [0.1, 0.15) is 0 Å². The number of rotatable bonds is 4. The first-order chi connectivity index (χ1) is 25.3. The van der Waals surface area contributed by atoms with Crippen LogP contribution in [0.3, 0.4) is 0 Å². The average Bonchev–Trinajstić information content (AvgIpc) is 3.86. The van der Waals surface area contributed by atoms with E-state index >= 15 is 0 Å². The number of hydrogen-bond donors (Lipinski definition) is 0. The third-order valence-electron chi connectivity index (χ3n) is 10.8. The number of thiophene rings is 1. The first-order valence-corrected chi connectivity index (χ1v) is 18.6. The van der Waals surface area contributed by atoms with Crippen molar-refractivity contribution in [3.05, 3.63) is 175 Å². The van der Waals surface area contributed by atoms with Crippen LogP contribution < -0.4 is 0 Å². The third-order valence-corrected chi connectivity index (χ3v) is 12.0. The van der Waals surface area contributed by atoms with Crippen LogP contribution in [0, 0.1) is 0 Å². The van der Waals surface area contributed by atoms with Gasteiger partial charge in [0.15, 0.2) is 0 Å². The molecule has 0 unspecified atom stereocenters. The van der Waals surface area contributed by atoms with E-state index in [2.05, 4.69) is 179 Å². The molecule has 0 bridgehead atoms. The van der Waals surface area contributed by atoms with Crippen molar-refractivity contribution in [2.45, 2.75) is 12.8 Å². The predicted molar refractivity (Wildman–Crippen MR) is 220 cm³/mol. The van der Waals surface area contributed by atoms with Crippen molar-refractivity contribution in [2.75, 3.05) is 0 Å². The van der Waals surface area contributed by atoms with Crippen LogP contribution in [0.4, 0.5) is 0 Å². The Morgan fingerprint density at radius 3 is 1.73 bits per heavy atom. The summed E-state index contributed by atoms with van der Waals surface area (Å²) in [5, 5.41) is 7.72. The monoisotopic (exact) mass is 668 g/mol. The number of allylic oxidation sites excluding steroid dienone is 4. The summed E-state index contributed by atoms with van der Waals surface area (Å²) in [4.78, 5) is 0. The van der Waals surface area contributed by atoms with Gasteiger partial charge in [-0.15, -0.1) is 11.3 Å². The van der Waals surface area contributed by atoms with Gasteiger partial charge in [-0.1, -0.05) is 109 Å². The fraction of sp³-hybridized carbons (Fsp3) is 0.0417. The van der Waals surface area contributed by atoms with Gasteiger partial charge in [-0.3, -0.25) is 0 Å². The van der Waals surface area contributed by atoms with Crippen molar-refractivity contribution in [3.63, 3.8) is 0 Å². The number of para-hydroxylation sites is 2. The number of benzene rings is 7. The van der Waals surface area contributed by atoms with Gasteiger partial charge in [0.05, 0.1) is 32.5 Å². The fourth-order valence-corrected chi connectivity index (χ4v) is 9.59. The normalized spacial score (nSPS) is 13.4. The Labute approximate surface area is 299 Å². The summed E-state index contributed by atoms with van der Waals surface area (Å²) in [6, 6.07) is 56.2. The molecular weight excluding hydrogens is 637 g/mol. The van der Waals surface area contributed by atoms with Crippen molar-refractivity contribution in [1.29, 1.82) is 0 Å². The summed E-state index contributed by atoms with van der Waals surface area (Å²) < 4.78 is 7.53. The maximum atomic E-state index is 2.47. The molecule has 0 saturated carbocycles. The topological polar surface area (TPSA) is 9.86 Å². The molecule has 1 aliphatic rings. The summed E-state index contributed by atoms with van der Waals surface area (Å²) >= 11 is 1.89. The van der Waals surface area contributed by atoms with Crippen LogP contribution in [-0.4, -0.2) is 9.13 Å². The molecule has 51 heavy (non-hydrogen) atoms. The molecule has 11 rings (SSSR count). The maximum Gasteiger partial charge on any atom is 0.0640 e. The van der Waals surface area contributed by atoms with E-state index in [1.807, 2.05) is 11.3 Å². The van der Waals surface area contributed by atoms with Crippen molar-refractivity contribution in [1.82, 2.24) is 9.13 Å². The first-order valence-electron chi connectivity index (χ1n) is 17.8. The zero-order valence-corrected chi connectivity index (χ0v) is 28.7.